The van der Waals surface area contributed by atoms with E-state index in [4.69, 9.17) is 9.40 Å². The Bertz CT molecular complexity index is 1030. The average molecular weight is 329 g/mol. The summed E-state index contributed by atoms with van der Waals surface area (Å²) in [5.74, 6) is 0.710. The van der Waals surface area contributed by atoms with Gasteiger partial charge in [0.25, 0.3) is 0 Å². The van der Waals surface area contributed by atoms with Crippen LogP contribution in [0.5, 0.6) is 0 Å². The quantitative estimate of drug-likeness (QED) is 0.504. The molecule has 4 heteroatoms. The van der Waals surface area contributed by atoms with Crippen molar-refractivity contribution in [3.8, 4) is 22.5 Å². The Hall–Kier alpha value is -3.01. The third kappa shape index (κ3) is 2.80. The molecule has 4 nitrogen and oxygen atoms in total. The van der Waals surface area contributed by atoms with Gasteiger partial charge < -0.3 is 4.42 Å². The van der Waals surface area contributed by atoms with Gasteiger partial charge in [-0.2, -0.15) is 0 Å². The first-order chi connectivity index (χ1) is 12.0. The van der Waals surface area contributed by atoms with Crippen LogP contribution in [0.15, 0.2) is 65.3 Å². The SMILES string of the molecule is CC(C)(C)c1nc2c(-c3cccnc3-c3ccccc3)nccc2o1. The lowest BCUT2D eigenvalue weighted by atomic mass is 9.97. The van der Waals surface area contributed by atoms with E-state index in [0.29, 0.717) is 5.89 Å². The molecular formula is C21H19N3O. The van der Waals surface area contributed by atoms with E-state index in [2.05, 4.69) is 42.9 Å². The summed E-state index contributed by atoms with van der Waals surface area (Å²) < 4.78 is 5.97. The Kier molecular flexibility index (Phi) is 3.61. The molecule has 0 saturated carbocycles. The minimum Gasteiger partial charge on any atom is -0.440 e. The van der Waals surface area contributed by atoms with E-state index in [-0.39, 0.29) is 5.41 Å². The van der Waals surface area contributed by atoms with Crippen LogP contribution in [0.2, 0.25) is 0 Å². The maximum atomic E-state index is 5.97. The van der Waals surface area contributed by atoms with E-state index in [1.807, 2.05) is 36.4 Å². The van der Waals surface area contributed by atoms with Crippen molar-refractivity contribution >= 4 is 11.1 Å². The number of hydrogen-bond donors (Lipinski definition) is 0. The molecule has 4 aromatic rings. The van der Waals surface area contributed by atoms with Gasteiger partial charge in [0.1, 0.15) is 11.2 Å². The third-order valence-electron chi connectivity index (χ3n) is 4.06. The Labute approximate surface area is 146 Å². The maximum absolute atomic E-state index is 5.97. The van der Waals surface area contributed by atoms with Crippen molar-refractivity contribution in [1.29, 1.82) is 0 Å². The van der Waals surface area contributed by atoms with Crippen LogP contribution in [-0.2, 0) is 5.41 Å². The molecule has 124 valence electrons. The molecule has 0 aliphatic carbocycles. The van der Waals surface area contributed by atoms with E-state index in [0.717, 1.165) is 33.6 Å². The van der Waals surface area contributed by atoms with Gasteiger partial charge in [-0.25, -0.2) is 4.98 Å². The van der Waals surface area contributed by atoms with Gasteiger partial charge in [-0.1, -0.05) is 51.1 Å². The van der Waals surface area contributed by atoms with Gasteiger partial charge in [-0.15, -0.1) is 0 Å². The van der Waals surface area contributed by atoms with Gasteiger partial charge in [0, 0.05) is 35.0 Å². The molecule has 1 aromatic carbocycles. The summed E-state index contributed by atoms with van der Waals surface area (Å²) in [4.78, 5) is 13.9. The van der Waals surface area contributed by atoms with Crippen LogP contribution in [0.3, 0.4) is 0 Å². The molecule has 0 fully saturated rings. The summed E-state index contributed by atoms with van der Waals surface area (Å²) in [7, 11) is 0. The van der Waals surface area contributed by atoms with Crippen molar-refractivity contribution in [2.75, 3.05) is 0 Å². The van der Waals surface area contributed by atoms with E-state index in [9.17, 15) is 0 Å². The average Bonchev–Trinajstić information content (AvgIpc) is 3.07. The van der Waals surface area contributed by atoms with Crippen LogP contribution in [0.4, 0.5) is 0 Å². The minimum absolute atomic E-state index is 0.159. The van der Waals surface area contributed by atoms with Crippen molar-refractivity contribution in [1.82, 2.24) is 15.0 Å². The van der Waals surface area contributed by atoms with Crippen LogP contribution in [0, 0.1) is 0 Å². The van der Waals surface area contributed by atoms with Crippen molar-refractivity contribution in [2.45, 2.75) is 26.2 Å². The number of benzene rings is 1. The highest BCUT2D eigenvalue weighted by Gasteiger charge is 2.23. The first-order valence-corrected chi connectivity index (χ1v) is 8.31. The van der Waals surface area contributed by atoms with Gasteiger partial charge in [0.15, 0.2) is 5.58 Å². The highest BCUT2D eigenvalue weighted by Crippen LogP contribution is 2.34. The zero-order valence-electron chi connectivity index (χ0n) is 14.5. The number of oxazole rings is 1. The molecule has 0 saturated heterocycles. The first kappa shape index (κ1) is 15.5. The Balaban J connectivity index is 1.96. The van der Waals surface area contributed by atoms with Crippen LogP contribution < -0.4 is 0 Å². The van der Waals surface area contributed by atoms with Crippen LogP contribution in [0.1, 0.15) is 26.7 Å². The Morgan fingerprint density at radius 3 is 2.32 bits per heavy atom. The fraction of sp³-hybridized carbons (Fsp3) is 0.190. The van der Waals surface area contributed by atoms with Crippen molar-refractivity contribution < 1.29 is 4.42 Å². The normalized spacial score (nSPS) is 11.8. The zero-order valence-corrected chi connectivity index (χ0v) is 14.5. The molecule has 0 N–H and O–H groups in total. The molecule has 0 spiro atoms. The van der Waals surface area contributed by atoms with E-state index in [1.165, 1.54) is 0 Å². The second kappa shape index (κ2) is 5.81. The third-order valence-corrected chi connectivity index (χ3v) is 4.06. The topological polar surface area (TPSA) is 51.8 Å². The van der Waals surface area contributed by atoms with Gasteiger partial charge in [0.2, 0.25) is 5.89 Å². The standard InChI is InChI=1S/C21H19N3O/c1-21(2,3)20-24-19-16(25-20)11-13-23-18(19)15-10-7-12-22-17(15)14-8-5-4-6-9-14/h4-13H,1-3H3. The number of aromatic nitrogens is 3. The van der Waals surface area contributed by atoms with Crippen molar-refractivity contribution in [2.24, 2.45) is 0 Å². The molecular weight excluding hydrogens is 310 g/mol. The lowest BCUT2D eigenvalue weighted by Crippen LogP contribution is -2.11. The Morgan fingerprint density at radius 2 is 1.56 bits per heavy atom. The van der Waals surface area contributed by atoms with Gasteiger partial charge in [0.05, 0.1) is 5.69 Å². The molecule has 0 atom stereocenters. The second-order valence-corrected chi connectivity index (χ2v) is 7.04. The molecule has 3 aromatic heterocycles. The molecule has 0 amide bonds. The number of pyridine rings is 2. The predicted molar refractivity (Wildman–Crippen MR) is 99.2 cm³/mol. The van der Waals surface area contributed by atoms with Crippen molar-refractivity contribution in [3.05, 3.63) is 66.8 Å². The molecule has 0 aliphatic rings. The van der Waals surface area contributed by atoms with E-state index >= 15 is 0 Å². The summed E-state index contributed by atoms with van der Waals surface area (Å²) in [5.41, 5.74) is 5.06. The molecule has 3 heterocycles. The van der Waals surface area contributed by atoms with E-state index < -0.39 is 0 Å². The van der Waals surface area contributed by atoms with Crippen LogP contribution >= 0.6 is 0 Å². The lowest BCUT2D eigenvalue weighted by molar-refractivity contribution is 0.411. The highest BCUT2D eigenvalue weighted by molar-refractivity contribution is 5.92. The minimum atomic E-state index is -0.159. The predicted octanol–water partition coefficient (Wildman–Crippen LogP) is 5.25. The second-order valence-electron chi connectivity index (χ2n) is 7.04. The Morgan fingerprint density at radius 1 is 0.800 bits per heavy atom. The monoisotopic (exact) mass is 329 g/mol. The number of rotatable bonds is 2. The number of hydrogen-bond acceptors (Lipinski definition) is 4. The molecule has 4 rings (SSSR count). The van der Waals surface area contributed by atoms with Crippen molar-refractivity contribution in [3.63, 3.8) is 0 Å². The zero-order chi connectivity index (χ0) is 17.4. The first-order valence-electron chi connectivity index (χ1n) is 8.31. The molecule has 0 unspecified atom stereocenters. The number of fused-ring (bicyclic) bond motifs is 1. The summed E-state index contributed by atoms with van der Waals surface area (Å²) in [6.07, 6.45) is 3.56. The lowest BCUT2D eigenvalue weighted by Gasteiger charge is -2.11. The fourth-order valence-electron chi connectivity index (χ4n) is 2.80. The summed E-state index contributed by atoms with van der Waals surface area (Å²) in [6.45, 7) is 6.26. The van der Waals surface area contributed by atoms with Gasteiger partial charge >= 0.3 is 0 Å². The summed E-state index contributed by atoms with van der Waals surface area (Å²) in [5, 5.41) is 0. The maximum Gasteiger partial charge on any atom is 0.200 e. The molecule has 0 bridgehead atoms. The van der Waals surface area contributed by atoms with Crippen LogP contribution in [-0.4, -0.2) is 15.0 Å². The van der Waals surface area contributed by atoms with Gasteiger partial charge in [-0.05, 0) is 12.1 Å². The molecule has 25 heavy (non-hydrogen) atoms. The van der Waals surface area contributed by atoms with E-state index in [1.54, 1.807) is 12.4 Å². The summed E-state index contributed by atoms with van der Waals surface area (Å²) >= 11 is 0. The molecule has 0 radical (unpaired) electrons. The summed E-state index contributed by atoms with van der Waals surface area (Å²) in [6, 6.07) is 15.9. The van der Waals surface area contributed by atoms with Gasteiger partial charge in [-0.3, -0.25) is 9.97 Å². The molecule has 0 aliphatic heterocycles. The largest absolute Gasteiger partial charge is 0.440 e. The highest BCUT2D eigenvalue weighted by atomic mass is 16.3. The number of nitrogens with zero attached hydrogens (tertiary/aromatic N) is 3. The smallest absolute Gasteiger partial charge is 0.200 e. The van der Waals surface area contributed by atoms with Crippen LogP contribution in [0.25, 0.3) is 33.6 Å². The fourth-order valence-corrected chi connectivity index (χ4v) is 2.80.